The summed E-state index contributed by atoms with van der Waals surface area (Å²) in [6.45, 7) is 2.29. The molecule has 0 unspecified atom stereocenters. The molecule has 1 rings (SSSR count). The number of hydrogen-bond acceptors (Lipinski definition) is 3. The van der Waals surface area contributed by atoms with Crippen molar-refractivity contribution in [2.45, 2.75) is 13.3 Å². The number of carbonyl (C=O) groups is 2. The number of nitrogens with one attached hydrogen (secondary N) is 1. The number of likely N-dealkylation sites (N-methyl/N-ethyl adjacent to an activating group) is 1. The molecule has 0 saturated heterocycles. The van der Waals surface area contributed by atoms with E-state index in [0.717, 1.165) is 6.42 Å². The van der Waals surface area contributed by atoms with Crippen molar-refractivity contribution in [3.63, 3.8) is 0 Å². The number of ether oxygens (including phenoxy) is 1. The third-order valence-electron chi connectivity index (χ3n) is 2.62. The monoisotopic (exact) mass is 360 g/mol. The smallest absolute Gasteiger partial charge is 0.260 e. The number of hydrogen-bond donors (Lipinski definition) is 1. The van der Waals surface area contributed by atoms with E-state index in [1.807, 2.05) is 6.92 Å². The molecule has 116 valence electrons. The molecule has 0 aliphatic rings. The zero-order chi connectivity index (χ0) is 15.8. The normalized spacial score (nSPS) is 10.1. The molecule has 0 spiro atoms. The molecule has 0 radical (unpaired) electrons. The van der Waals surface area contributed by atoms with E-state index in [-0.39, 0.29) is 25.0 Å². The van der Waals surface area contributed by atoms with Gasteiger partial charge in [0.25, 0.3) is 5.91 Å². The molecule has 1 aromatic rings. The van der Waals surface area contributed by atoms with Gasteiger partial charge in [-0.05, 0) is 40.5 Å². The Kier molecular flexibility index (Phi) is 7.14. The van der Waals surface area contributed by atoms with Gasteiger partial charge in [0, 0.05) is 13.6 Å². The maximum atomic E-state index is 12.9. The lowest BCUT2D eigenvalue weighted by molar-refractivity contribution is -0.136. The van der Waals surface area contributed by atoms with Gasteiger partial charge >= 0.3 is 0 Å². The largest absolute Gasteiger partial charge is 0.483 e. The second-order valence-electron chi connectivity index (χ2n) is 4.46. The molecular formula is C14H18BrFN2O3. The summed E-state index contributed by atoms with van der Waals surface area (Å²) in [5.74, 6) is -0.576. The second-order valence-corrected chi connectivity index (χ2v) is 5.32. The van der Waals surface area contributed by atoms with Gasteiger partial charge in [-0.1, -0.05) is 6.92 Å². The van der Waals surface area contributed by atoms with Crippen molar-refractivity contribution < 1.29 is 18.7 Å². The third kappa shape index (κ3) is 6.12. The summed E-state index contributed by atoms with van der Waals surface area (Å²) in [6.07, 6.45) is 0.838. The lowest BCUT2D eigenvalue weighted by atomic mass is 10.3. The first-order chi connectivity index (χ1) is 9.93. The zero-order valence-corrected chi connectivity index (χ0v) is 13.6. The van der Waals surface area contributed by atoms with E-state index in [1.165, 1.54) is 30.1 Å². The number of halogens is 2. The molecular weight excluding hydrogens is 343 g/mol. The molecule has 0 aliphatic carbocycles. The minimum atomic E-state index is -0.398. The molecule has 1 N–H and O–H groups in total. The van der Waals surface area contributed by atoms with Crippen LogP contribution in [0.15, 0.2) is 22.7 Å². The molecule has 0 fully saturated rings. The van der Waals surface area contributed by atoms with Gasteiger partial charge in [0.15, 0.2) is 6.61 Å². The highest BCUT2D eigenvalue weighted by molar-refractivity contribution is 9.10. The first-order valence-corrected chi connectivity index (χ1v) is 7.31. The highest BCUT2D eigenvalue weighted by atomic mass is 79.9. The molecule has 0 atom stereocenters. The fourth-order valence-corrected chi connectivity index (χ4v) is 1.93. The first kappa shape index (κ1) is 17.4. The minimum absolute atomic E-state index is 0.0211. The maximum absolute atomic E-state index is 12.9. The Labute approximate surface area is 131 Å². The second kappa shape index (κ2) is 8.61. The van der Waals surface area contributed by atoms with E-state index in [0.29, 0.717) is 16.8 Å². The van der Waals surface area contributed by atoms with Gasteiger partial charge in [0.1, 0.15) is 11.6 Å². The fourth-order valence-electron chi connectivity index (χ4n) is 1.47. The molecule has 5 nitrogen and oxygen atoms in total. The average molecular weight is 361 g/mol. The third-order valence-corrected chi connectivity index (χ3v) is 3.24. The van der Waals surface area contributed by atoms with Crippen LogP contribution in [0.2, 0.25) is 0 Å². The van der Waals surface area contributed by atoms with Crippen LogP contribution in [0.1, 0.15) is 13.3 Å². The minimum Gasteiger partial charge on any atom is -0.483 e. The van der Waals surface area contributed by atoms with E-state index in [1.54, 1.807) is 0 Å². The van der Waals surface area contributed by atoms with Crippen molar-refractivity contribution in [1.82, 2.24) is 10.2 Å². The van der Waals surface area contributed by atoms with Crippen molar-refractivity contribution in [2.24, 2.45) is 0 Å². The molecule has 0 saturated carbocycles. The van der Waals surface area contributed by atoms with E-state index >= 15 is 0 Å². The Balaban J connectivity index is 2.43. The summed E-state index contributed by atoms with van der Waals surface area (Å²) in [6, 6.07) is 3.93. The average Bonchev–Trinajstić information content (AvgIpc) is 2.43. The highest BCUT2D eigenvalue weighted by Gasteiger charge is 2.14. The van der Waals surface area contributed by atoms with Gasteiger partial charge in [-0.15, -0.1) is 0 Å². The molecule has 1 aromatic carbocycles. The molecule has 7 heteroatoms. The Bertz CT molecular complexity index is 511. The molecule has 21 heavy (non-hydrogen) atoms. The topological polar surface area (TPSA) is 58.6 Å². The summed E-state index contributed by atoms with van der Waals surface area (Å²) in [4.78, 5) is 24.6. The van der Waals surface area contributed by atoms with Gasteiger partial charge < -0.3 is 15.0 Å². The van der Waals surface area contributed by atoms with E-state index in [2.05, 4.69) is 21.2 Å². The molecule has 0 heterocycles. The quantitative estimate of drug-likeness (QED) is 0.808. The van der Waals surface area contributed by atoms with Crippen molar-refractivity contribution in [1.29, 1.82) is 0 Å². The van der Waals surface area contributed by atoms with E-state index in [9.17, 15) is 14.0 Å². The molecule has 0 bridgehead atoms. The van der Waals surface area contributed by atoms with Gasteiger partial charge in [-0.25, -0.2) is 4.39 Å². The van der Waals surface area contributed by atoms with Crippen molar-refractivity contribution in [2.75, 3.05) is 26.7 Å². The van der Waals surface area contributed by atoms with Crippen molar-refractivity contribution in [3.8, 4) is 5.75 Å². The predicted molar refractivity (Wildman–Crippen MR) is 80.5 cm³/mol. The van der Waals surface area contributed by atoms with Gasteiger partial charge in [-0.3, -0.25) is 9.59 Å². The van der Waals surface area contributed by atoms with Crippen molar-refractivity contribution in [3.05, 3.63) is 28.5 Å². The van der Waals surface area contributed by atoms with Crippen LogP contribution < -0.4 is 10.1 Å². The number of amides is 2. The number of rotatable bonds is 7. The summed E-state index contributed by atoms with van der Waals surface area (Å²) in [5, 5.41) is 2.68. The van der Waals surface area contributed by atoms with Gasteiger partial charge in [0.05, 0.1) is 11.0 Å². The molecule has 0 aliphatic heterocycles. The summed E-state index contributed by atoms with van der Waals surface area (Å²) < 4.78 is 18.6. The molecule has 0 aromatic heterocycles. The number of nitrogens with zero attached hydrogens (tertiary/aromatic N) is 1. The predicted octanol–water partition coefficient (Wildman–Crippen LogP) is 1.95. The Morgan fingerprint density at radius 2 is 2.14 bits per heavy atom. The SMILES string of the molecule is CCCNC(=O)CN(C)C(=O)COc1ccc(F)cc1Br. The van der Waals surface area contributed by atoms with Crippen molar-refractivity contribution >= 4 is 27.7 Å². The Morgan fingerprint density at radius 1 is 1.43 bits per heavy atom. The maximum Gasteiger partial charge on any atom is 0.260 e. The van der Waals surface area contributed by atoms with Crippen LogP contribution in [0.4, 0.5) is 4.39 Å². The van der Waals surface area contributed by atoms with Crippen LogP contribution in [0.25, 0.3) is 0 Å². The lowest BCUT2D eigenvalue weighted by Crippen LogP contribution is -2.40. The molecule has 2 amide bonds. The van der Waals surface area contributed by atoms with Gasteiger partial charge in [0.2, 0.25) is 5.91 Å². The summed E-state index contributed by atoms with van der Waals surface area (Å²) >= 11 is 3.15. The van der Waals surface area contributed by atoms with Crippen LogP contribution >= 0.6 is 15.9 Å². The first-order valence-electron chi connectivity index (χ1n) is 6.52. The van der Waals surface area contributed by atoms with Crippen LogP contribution in [-0.4, -0.2) is 43.5 Å². The van der Waals surface area contributed by atoms with Gasteiger partial charge in [-0.2, -0.15) is 0 Å². The van der Waals surface area contributed by atoms with E-state index < -0.39 is 5.82 Å². The number of benzene rings is 1. The Hall–Kier alpha value is -1.63. The zero-order valence-electron chi connectivity index (χ0n) is 12.0. The van der Waals surface area contributed by atoms with Crippen LogP contribution in [0.3, 0.4) is 0 Å². The summed E-state index contributed by atoms with van der Waals surface area (Å²) in [7, 11) is 1.52. The fraction of sp³-hybridized carbons (Fsp3) is 0.429. The standard InChI is InChI=1S/C14H18BrFN2O3/c1-3-6-17-13(19)8-18(2)14(20)9-21-12-5-4-10(16)7-11(12)15/h4-5,7H,3,6,8-9H2,1-2H3,(H,17,19). The van der Waals surface area contributed by atoms with Crippen LogP contribution in [-0.2, 0) is 9.59 Å². The van der Waals surface area contributed by atoms with E-state index in [4.69, 9.17) is 4.74 Å². The number of carbonyl (C=O) groups excluding carboxylic acids is 2. The lowest BCUT2D eigenvalue weighted by Gasteiger charge is -2.17. The summed E-state index contributed by atoms with van der Waals surface area (Å²) in [5.41, 5.74) is 0. The highest BCUT2D eigenvalue weighted by Crippen LogP contribution is 2.25. The van der Waals surface area contributed by atoms with Crippen LogP contribution in [0.5, 0.6) is 5.75 Å². The van der Waals surface area contributed by atoms with Crippen LogP contribution in [0, 0.1) is 5.82 Å². The Morgan fingerprint density at radius 3 is 2.76 bits per heavy atom.